The van der Waals surface area contributed by atoms with E-state index in [1.54, 1.807) is 11.1 Å². The third-order valence-corrected chi connectivity index (χ3v) is 4.19. The molecule has 1 aliphatic heterocycles. The highest BCUT2D eigenvalue weighted by Gasteiger charge is 2.31. The zero-order chi connectivity index (χ0) is 16.9. The summed E-state index contributed by atoms with van der Waals surface area (Å²) in [5, 5.41) is 9.49. The molecule has 2 N–H and O–H groups in total. The fraction of sp³-hybridized carbons (Fsp3) is 0.353. The molecule has 1 atom stereocenters. The maximum Gasteiger partial charge on any atom is 0.309 e. The van der Waals surface area contributed by atoms with Gasteiger partial charge in [-0.1, -0.05) is 30.3 Å². The summed E-state index contributed by atoms with van der Waals surface area (Å²) < 4.78 is 0. The number of aliphatic carboxylic acids is 1. The van der Waals surface area contributed by atoms with Crippen molar-refractivity contribution in [2.24, 2.45) is 5.92 Å². The van der Waals surface area contributed by atoms with Crippen LogP contribution in [0.5, 0.6) is 0 Å². The molecule has 0 saturated carbocycles. The Kier molecular flexibility index (Phi) is 4.90. The van der Waals surface area contributed by atoms with Gasteiger partial charge in [0.15, 0.2) is 5.82 Å². The minimum absolute atomic E-state index is 0.195. The van der Waals surface area contributed by atoms with Gasteiger partial charge in [0.25, 0.3) is 5.91 Å². The van der Waals surface area contributed by atoms with E-state index in [-0.39, 0.29) is 18.3 Å². The number of H-pyrrole nitrogens is 1. The van der Waals surface area contributed by atoms with Crippen molar-refractivity contribution in [1.82, 2.24) is 19.8 Å². The first-order valence-electron chi connectivity index (χ1n) is 7.91. The molecule has 3 rings (SSSR count). The van der Waals surface area contributed by atoms with Gasteiger partial charge in [-0.15, -0.1) is 0 Å². The number of carbonyl (C=O) groups excluding carboxylic acids is 1. The van der Waals surface area contributed by atoms with Crippen LogP contribution in [0.25, 0.3) is 0 Å². The quantitative estimate of drug-likeness (QED) is 0.876. The lowest BCUT2D eigenvalue weighted by Crippen LogP contribution is -2.38. The van der Waals surface area contributed by atoms with Crippen molar-refractivity contribution in [1.29, 1.82) is 0 Å². The van der Waals surface area contributed by atoms with E-state index in [4.69, 9.17) is 0 Å². The molecule has 7 nitrogen and oxygen atoms in total. The minimum Gasteiger partial charge on any atom is -0.481 e. The van der Waals surface area contributed by atoms with Gasteiger partial charge in [-0.25, -0.2) is 4.98 Å². The Balaban J connectivity index is 1.72. The first-order valence-corrected chi connectivity index (χ1v) is 7.91. The van der Waals surface area contributed by atoms with Crippen LogP contribution in [0, 0.1) is 5.92 Å². The Labute approximate surface area is 139 Å². The maximum absolute atomic E-state index is 12.5. The number of aromatic nitrogens is 2. The predicted molar refractivity (Wildman–Crippen MR) is 87.3 cm³/mol. The van der Waals surface area contributed by atoms with Crippen molar-refractivity contribution < 1.29 is 14.7 Å². The van der Waals surface area contributed by atoms with Crippen LogP contribution in [0.15, 0.2) is 42.7 Å². The van der Waals surface area contributed by atoms with Crippen molar-refractivity contribution in [3.63, 3.8) is 0 Å². The number of aromatic amines is 1. The van der Waals surface area contributed by atoms with E-state index in [2.05, 4.69) is 14.9 Å². The normalized spacial score (nSPS) is 19.0. The van der Waals surface area contributed by atoms with Gasteiger partial charge in [0.05, 0.1) is 5.92 Å². The molecule has 2 heterocycles. The second-order valence-electron chi connectivity index (χ2n) is 5.94. The largest absolute Gasteiger partial charge is 0.481 e. The van der Waals surface area contributed by atoms with Gasteiger partial charge < -0.3 is 15.0 Å². The standard InChI is InChI=1S/C17H20N4O3/c22-16(15-18-6-7-19-15)21-9-8-20(11-14(12-21)17(23)24)10-13-4-2-1-3-5-13/h1-7,14H,8-12H2,(H,18,19)(H,23,24). The molecule has 1 amide bonds. The molecule has 24 heavy (non-hydrogen) atoms. The summed E-state index contributed by atoms with van der Waals surface area (Å²) in [6.07, 6.45) is 3.10. The first kappa shape index (κ1) is 16.2. The van der Waals surface area contributed by atoms with Crippen LogP contribution in [-0.4, -0.2) is 62.9 Å². The number of carboxylic acid groups (broad SMARTS) is 1. The van der Waals surface area contributed by atoms with Gasteiger partial charge in [0, 0.05) is 45.1 Å². The molecule has 2 aromatic rings. The second-order valence-corrected chi connectivity index (χ2v) is 5.94. The van der Waals surface area contributed by atoms with Crippen LogP contribution in [0.4, 0.5) is 0 Å². The van der Waals surface area contributed by atoms with Crippen molar-refractivity contribution in [3.8, 4) is 0 Å². The number of nitrogens with zero attached hydrogens (tertiary/aromatic N) is 3. The van der Waals surface area contributed by atoms with Gasteiger partial charge >= 0.3 is 5.97 Å². The minimum atomic E-state index is -0.882. The molecule has 1 aliphatic rings. The molecule has 1 saturated heterocycles. The van der Waals surface area contributed by atoms with Gasteiger partial charge in [-0.2, -0.15) is 0 Å². The lowest BCUT2D eigenvalue weighted by atomic mass is 10.1. The molecule has 1 aromatic heterocycles. The number of rotatable bonds is 4. The van der Waals surface area contributed by atoms with Crippen molar-refractivity contribution in [2.75, 3.05) is 26.2 Å². The lowest BCUT2D eigenvalue weighted by molar-refractivity contribution is -0.142. The van der Waals surface area contributed by atoms with Crippen LogP contribution in [0.1, 0.15) is 16.2 Å². The van der Waals surface area contributed by atoms with Crippen LogP contribution in [0.2, 0.25) is 0 Å². The predicted octanol–water partition coefficient (Wildman–Crippen LogP) is 1.07. The monoisotopic (exact) mass is 328 g/mol. The Morgan fingerprint density at radius 3 is 2.67 bits per heavy atom. The number of nitrogens with one attached hydrogen (secondary N) is 1. The summed E-state index contributed by atoms with van der Waals surface area (Å²) in [6, 6.07) is 9.93. The number of carboxylic acids is 1. The lowest BCUT2D eigenvalue weighted by Gasteiger charge is -2.21. The van der Waals surface area contributed by atoms with E-state index < -0.39 is 11.9 Å². The molecule has 126 valence electrons. The van der Waals surface area contributed by atoms with Crippen LogP contribution in [0.3, 0.4) is 0 Å². The van der Waals surface area contributed by atoms with E-state index >= 15 is 0 Å². The summed E-state index contributed by atoms with van der Waals surface area (Å²) in [5.74, 6) is -1.51. The highest BCUT2D eigenvalue weighted by molar-refractivity contribution is 5.90. The fourth-order valence-electron chi connectivity index (χ4n) is 2.94. The number of hydrogen-bond acceptors (Lipinski definition) is 4. The third-order valence-electron chi connectivity index (χ3n) is 4.19. The maximum atomic E-state index is 12.5. The summed E-state index contributed by atoms with van der Waals surface area (Å²) >= 11 is 0. The molecular formula is C17H20N4O3. The summed E-state index contributed by atoms with van der Waals surface area (Å²) in [5.41, 5.74) is 1.13. The average Bonchev–Trinajstić information content (AvgIpc) is 3.03. The molecule has 0 aliphatic carbocycles. The molecule has 7 heteroatoms. The van der Waals surface area contributed by atoms with Gasteiger partial charge in [0.2, 0.25) is 0 Å². The number of imidazole rings is 1. The number of amides is 1. The number of hydrogen-bond donors (Lipinski definition) is 2. The number of benzene rings is 1. The molecule has 1 aromatic carbocycles. The van der Waals surface area contributed by atoms with E-state index in [1.807, 2.05) is 30.3 Å². The summed E-state index contributed by atoms with van der Waals surface area (Å²) in [4.78, 5) is 34.5. The first-order chi connectivity index (χ1) is 11.6. The number of carbonyl (C=O) groups is 2. The van der Waals surface area contributed by atoms with Crippen molar-refractivity contribution in [3.05, 3.63) is 54.1 Å². The summed E-state index contributed by atoms with van der Waals surface area (Å²) in [7, 11) is 0. The van der Waals surface area contributed by atoms with Gasteiger partial charge in [-0.05, 0) is 5.56 Å². The zero-order valence-electron chi connectivity index (χ0n) is 13.3. The van der Waals surface area contributed by atoms with Crippen molar-refractivity contribution in [2.45, 2.75) is 6.54 Å². The summed E-state index contributed by atoms with van der Waals surface area (Å²) in [6.45, 7) is 2.40. The van der Waals surface area contributed by atoms with E-state index in [1.165, 1.54) is 6.20 Å². The molecule has 1 unspecified atom stereocenters. The fourth-order valence-corrected chi connectivity index (χ4v) is 2.94. The van der Waals surface area contributed by atoms with Crippen LogP contribution in [-0.2, 0) is 11.3 Å². The topological polar surface area (TPSA) is 89.5 Å². The van der Waals surface area contributed by atoms with E-state index in [0.717, 1.165) is 5.56 Å². The van der Waals surface area contributed by atoms with E-state index in [9.17, 15) is 14.7 Å². The smallest absolute Gasteiger partial charge is 0.309 e. The molecule has 0 radical (unpaired) electrons. The highest BCUT2D eigenvalue weighted by atomic mass is 16.4. The second kappa shape index (κ2) is 7.27. The Morgan fingerprint density at radius 1 is 1.21 bits per heavy atom. The Hall–Kier alpha value is -2.67. The SMILES string of the molecule is O=C(O)C1CN(Cc2ccccc2)CCN(C(=O)c2ncc[nH]2)C1. The zero-order valence-corrected chi connectivity index (χ0v) is 13.3. The van der Waals surface area contributed by atoms with Crippen molar-refractivity contribution >= 4 is 11.9 Å². The van der Waals surface area contributed by atoms with E-state index in [0.29, 0.717) is 26.2 Å². The molecule has 0 bridgehead atoms. The van der Waals surface area contributed by atoms with Crippen LogP contribution < -0.4 is 0 Å². The van der Waals surface area contributed by atoms with Crippen LogP contribution >= 0.6 is 0 Å². The molecular weight excluding hydrogens is 308 g/mol. The highest BCUT2D eigenvalue weighted by Crippen LogP contribution is 2.15. The average molecular weight is 328 g/mol. The van der Waals surface area contributed by atoms with Gasteiger partial charge in [-0.3, -0.25) is 14.5 Å². The van der Waals surface area contributed by atoms with Gasteiger partial charge in [0.1, 0.15) is 0 Å². The Bertz CT molecular complexity index is 687. The Morgan fingerprint density at radius 2 is 2.00 bits per heavy atom. The third kappa shape index (κ3) is 3.80. The molecule has 0 spiro atoms. The molecule has 1 fully saturated rings.